The van der Waals surface area contributed by atoms with E-state index in [-0.39, 0.29) is 0 Å². The Morgan fingerprint density at radius 1 is 0.818 bits per heavy atom. The molecule has 22 heavy (non-hydrogen) atoms. The monoisotopic (exact) mass is 308 g/mol. The zero-order chi connectivity index (χ0) is 15.9. The van der Waals surface area contributed by atoms with Gasteiger partial charge in [-0.3, -0.25) is 5.26 Å². The van der Waals surface area contributed by atoms with E-state index < -0.39 is 0 Å². The number of ether oxygens (including phenoxy) is 1. The maximum Gasteiger partial charge on any atom is 0.122 e. The predicted octanol–water partition coefficient (Wildman–Crippen LogP) is 5.63. The molecule has 0 aliphatic rings. The molecule has 0 amide bonds. The minimum absolute atomic E-state index is 0.378. The summed E-state index contributed by atoms with van der Waals surface area (Å²) in [6, 6.07) is 8.34. The molecule has 0 spiro atoms. The Labute approximate surface area is 135 Å². The van der Waals surface area contributed by atoms with Crippen molar-refractivity contribution in [3.05, 3.63) is 29.8 Å². The molecule has 0 aromatic heterocycles. The number of rotatable bonds is 14. The van der Waals surface area contributed by atoms with Gasteiger partial charge in [-0.25, -0.2) is 4.89 Å². The third-order valence-corrected chi connectivity index (χ3v) is 3.91. The molecule has 1 aromatic carbocycles. The van der Waals surface area contributed by atoms with Crippen molar-refractivity contribution in [3.8, 4) is 5.75 Å². The molecular formula is C19H32O3. The first-order valence-corrected chi connectivity index (χ1v) is 8.85. The van der Waals surface area contributed by atoms with Gasteiger partial charge in [0.2, 0.25) is 0 Å². The van der Waals surface area contributed by atoms with Crippen molar-refractivity contribution in [1.29, 1.82) is 0 Å². The second-order valence-corrected chi connectivity index (χ2v) is 5.87. The van der Waals surface area contributed by atoms with Gasteiger partial charge in [-0.1, -0.05) is 63.6 Å². The van der Waals surface area contributed by atoms with E-state index in [1.54, 1.807) is 0 Å². The lowest BCUT2D eigenvalue weighted by Gasteiger charge is -2.11. The van der Waals surface area contributed by atoms with Gasteiger partial charge in [0.1, 0.15) is 5.75 Å². The first-order valence-electron chi connectivity index (χ1n) is 8.85. The van der Waals surface area contributed by atoms with Crippen molar-refractivity contribution < 1.29 is 14.9 Å². The highest BCUT2D eigenvalue weighted by Gasteiger charge is 2.03. The quantitative estimate of drug-likeness (QED) is 0.275. The van der Waals surface area contributed by atoms with E-state index in [2.05, 4.69) is 30.0 Å². The lowest BCUT2D eigenvalue weighted by molar-refractivity contribution is -0.242. The molecule has 1 N–H and O–H groups in total. The van der Waals surface area contributed by atoms with Crippen LogP contribution in [0.2, 0.25) is 0 Å². The van der Waals surface area contributed by atoms with E-state index >= 15 is 0 Å². The molecule has 1 rings (SSSR count). The first-order chi connectivity index (χ1) is 10.9. The molecular weight excluding hydrogens is 276 g/mol. The molecule has 1 aromatic rings. The Morgan fingerprint density at radius 3 is 2.27 bits per heavy atom. The minimum Gasteiger partial charge on any atom is -0.493 e. The summed E-state index contributed by atoms with van der Waals surface area (Å²) in [5.41, 5.74) is 1.31. The van der Waals surface area contributed by atoms with Crippen LogP contribution in [-0.2, 0) is 11.3 Å². The standard InChI is InChI=1S/C19H32O3/c1-2-3-4-5-6-7-8-13-18-14-9-10-15-19(18)21-16-11-12-17-22-20/h9-10,14-15,20H,2-8,11-13,16-17H2,1H3. The van der Waals surface area contributed by atoms with Crippen LogP contribution in [0.1, 0.15) is 70.3 Å². The van der Waals surface area contributed by atoms with Gasteiger partial charge in [0.05, 0.1) is 13.2 Å². The number of para-hydroxylation sites is 1. The smallest absolute Gasteiger partial charge is 0.122 e. The molecule has 0 saturated heterocycles. The molecule has 0 bridgehead atoms. The number of benzene rings is 1. The zero-order valence-corrected chi connectivity index (χ0v) is 14.1. The topological polar surface area (TPSA) is 38.7 Å². The van der Waals surface area contributed by atoms with Gasteiger partial charge >= 0.3 is 0 Å². The van der Waals surface area contributed by atoms with E-state index in [1.165, 1.54) is 50.5 Å². The third kappa shape index (κ3) is 9.06. The van der Waals surface area contributed by atoms with Crippen LogP contribution in [0.3, 0.4) is 0 Å². The average molecular weight is 308 g/mol. The summed E-state index contributed by atoms with van der Waals surface area (Å²) in [5, 5.41) is 8.27. The van der Waals surface area contributed by atoms with Gasteiger partial charge in [0, 0.05) is 0 Å². The van der Waals surface area contributed by atoms with Crippen LogP contribution in [0.5, 0.6) is 5.75 Å². The predicted molar refractivity (Wildman–Crippen MR) is 91.4 cm³/mol. The van der Waals surface area contributed by atoms with Crippen LogP contribution < -0.4 is 4.74 Å². The zero-order valence-electron chi connectivity index (χ0n) is 14.1. The fourth-order valence-electron chi connectivity index (χ4n) is 2.57. The molecule has 3 nitrogen and oxygen atoms in total. The van der Waals surface area contributed by atoms with Crippen LogP contribution in [0.15, 0.2) is 24.3 Å². The summed E-state index contributed by atoms with van der Waals surface area (Å²) in [7, 11) is 0. The lowest BCUT2D eigenvalue weighted by atomic mass is 10.0. The summed E-state index contributed by atoms with van der Waals surface area (Å²) in [6.45, 7) is 3.31. The molecule has 126 valence electrons. The van der Waals surface area contributed by atoms with Crippen LogP contribution in [0, 0.1) is 0 Å². The molecule has 0 fully saturated rings. The fourth-order valence-corrected chi connectivity index (χ4v) is 2.57. The number of aryl methyl sites for hydroxylation is 1. The molecule has 0 aliphatic heterocycles. The highest BCUT2D eigenvalue weighted by Crippen LogP contribution is 2.21. The molecule has 0 atom stereocenters. The average Bonchev–Trinajstić information content (AvgIpc) is 2.55. The van der Waals surface area contributed by atoms with Crippen LogP contribution >= 0.6 is 0 Å². The van der Waals surface area contributed by atoms with Crippen molar-refractivity contribution in [3.63, 3.8) is 0 Å². The van der Waals surface area contributed by atoms with E-state index in [0.29, 0.717) is 13.2 Å². The Morgan fingerprint density at radius 2 is 1.50 bits per heavy atom. The Kier molecular flexibility index (Phi) is 11.7. The molecule has 0 unspecified atom stereocenters. The maximum atomic E-state index is 8.27. The van der Waals surface area contributed by atoms with E-state index in [0.717, 1.165) is 25.0 Å². The third-order valence-electron chi connectivity index (χ3n) is 3.91. The van der Waals surface area contributed by atoms with Gasteiger partial charge in [-0.05, 0) is 37.3 Å². The summed E-state index contributed by atoms with van der Waals surface area (Å²) in [4.78, 5) is 4.06. The largest absolute Gasteiger partial charge is 0.493 e. The van der Waals surface area contributed by atoms with Crippen LogP contribution in [-0.4, -0.2) is 18.5 Å². The summed E-state index contributed by atoms with van der Waals surface area (Å²) in [6.07, 6.45) is 12.2. The van der Waals surface area contributed by atoms with E-state index in [1.807, 2.05) is 6.07 Å². The Balaban J connectivity index is 2.19. The van der Waals surface area contributed by atoms with E-state index in [9.17, 15) is 0 Å². The summed E-state index contributed by atoms with van der Waals surface area (Å²) in [5.74, 6) is 1.01. The molecule has 0 radical (unpaired) electrons. The number of hydrogen-bond acceptors (Lipinski definition) is 3. The second-order valence-electron chi connectivity index (χ2n) is 5.87. The summed E-state index contributed by atoms with van der Waals surface area (Å²) >= 11 is 0. The maximum absolute atomic E-state index is 8.27. The highest BCUT2D eigenvalue weighted by molar-refractivity contribution is 5.33. The summed E-state index contributed by atoms with van der Waals surface area (Å²) < 4.78 is 5.86. The molecule has 0 saturated carbocycles. The van der Waals surface area contributed by atoms with Gasteiger partial charge in [0.25, 0.3) is 0 Å². The highest BCUT2D eigenvalue weighted by atomic mass is 17.1. The Hall–Kier alpha value is -1.06. The molecule has 0 heterocycles. The minimum atomic E-state index is 0.378. The van der Waals surface area contributed by atoms with Crippen molar-refractivity contribution in [2.45, 2.75) is 71.1 Å². The van der Waals surface area contributed by atoms with Gasteiger partial charge in [-0.15, -0.1) is 0 Å². The van der Waals surface area contributed by atoms with Gasteiger partial charge < -0.3 is 4.74 Å². The van der Waals surface area contributed by atoms with Crippen molar-refractivity contribution >= 4 is 0 Å². The lowest BCUT2D eigenvalue weighted by Crippen LogP contribution is -2.02. The SMILES string of the molecule is CCCCCCCCCc1ccccc1OCCCCOO. The van der Waals surface area contributed by atoms with Crippen molar-refractivity contribution in [1.82, 2.24) is 0 Å². The Bertz CT molecular complexity index is 365. The van der Waals surface area contributed by atoms with Crippen molar-refractivity contribution in [2.24, 2.45) is 0 Å². The fraction of sp³-hybridized carbons (Fsp3) is 0.684. The van der Waals surface area contributed by atoms with E-state index in [4.69, 9.17) is 9.99 Å². The van der Waals surface area contributed by atoms with Gasteiger partial charge in [-0.2, -0.15) is 0 Å². The van der Waals surface area contributed by atoms with Crippen LogP contribution in [0.4, 0.5) is 0 Å². The van der Waals surface area contributed by atoms with Gasteiger partial charge in [0.15, 0.2) is 0 Å². The number of unbranched alkanes of at least 4 members (excludes halogenated alkanes) is 7. The van der Waals surface area contributed by atoms with Crippen molar-refractivity contribution in [2.75, 3.05) is 13.2 Å². The normalized spacial score (nSPS) is 10.8. The second kappa shape index (κ2) is 13.6. The molecule has 3 heteroatoms. The van der Waals surface area contributed by atoms with Crippen LogP contribution in [0.25, 0.3) is 0 Å². The molecule has 0 aliphatic carbocycles. The number of hydrogen-bond donors (Lipinski definition) is 1. The first kappa shape index (κ1) is 19.0.